The van der Waals surface area contributed by atoms with Gasteiger partial charge in [-0.3, -0.25) is 0 Å². The van der Waals surface area contributed by atoms with Gasteiger partial charge >= 0.3 is 0 Å². The Bertz CT molecular complexity index is 171. The molecule has 90 valence electrons. The number of nitrogens with zero attached hydrogens (tertiary/aromatic N) is 1. The number of hydrogen-bond donors (Lipinski definition) is 1. The van der Waals surface area contributed by atoms with Gasteiger partial charge in [0.2, 0.25) is 0 Å². The summed E-state index contributed by atoms with van der Waals surface area (Å²) in [5, 5.41) is 0. The molecule has 1 aliphatic carbocycles. The molecule has 0 spiro atoms. The Balaban J connectivity index is 2.28. The molecule has 1 saturated carbocycles. The molecule has 0 aromatic carbocycles. The third kappa shape index (κ3) is 4.12. The molecule has 15 heavy (non-hydrogen) atoms. The fourth-order valence-corrected chi connectivity index (χ4v) is 2.45. The fourth-order valence-electron chi connectivity index (χ4n) is 2.45. The van der Waals surface area contributed by atoms with Crippen molar-refractivity contribution in [2.24, 2.45) is 17.6 Å². The Hall–Kier alpha value is -0.0800. The van der Waals surface area contributed by atoms with Crippen molar-refractivity contribution >= 4 is 0 Å². The van der Waals surface area contributed by atoms with Crippen LogP contribution in [0, 0.1) is 11.8 Å². The van der Waals surface area contributed by atoms with E-state index in [4.69, 9.17) is 5.73 Å². The van der Waals surface area contributed by atoms with Crippen LogP contribution in [0.15, 0.2) is 0 Å². The Morgan fingerprint density at radius 3 is 2.13 bits per heavy atom. The Labute approximate surface area is 95.2 Å². The molecule has 1 fully saturated rings. The van der Waals surface area contributed by atoms with Crippen molar-refractivity contribution in [2.45, 2.75) is 58.5 Å². The van der Waals surface area contributed by atoms with Gasteiger partial charge in [-0.05, 0) is 51.5 Å². The molecule has 2 N–H and O–H groups in total. The first-order chi connectivity index (χ1) is 7.00. The lowest BCUT2D eigenvalue weighted by atomic mass is 9.86. The van der Waals surface area contributed by atoms with Crippen LogP contribution in [0.2, 0.25) is 0 Å². The van der Waals surface area contributed by atoms with Crippen LogP contribution < -0.4 is 5.73 Å². The third-order valence-corrected chi connectivity index (χ3v) is 4.10. The van der Waals surface area contributed by atoms with Crippen LogP contribution in [-0.4, -0.2) is 30.6 Å². The van der Waals surface area contributed by atoms with Crippen LogP contribution in [0.4, 0.5) is 0 Å². The molecule has 0 bridgehead atoms. The summed E-state index contributed by atoms with van der Waals surface area (Å²) in [6.45, 7) is 8.20. The van der Waals surface area contributed by atoms with Crippen molar-refractivity contribution in [1.29, 1.82) is 0 Å². The van der Waals surface area contributed by atoms with Crippen molar-refractivity contribution in [1.82, 2.24) is 4.90 Å². The maximum absolute atomic E-state index is 5.92. The quantitative estimate of drug-likeness (QED) is 0.776. The summed E-state index contributed by atoms with van der Waals surface area (Å²) in [4.78, 5) is 2.52. The summed E-state index contributed by atoms with van der Waals surface area (Å²) in [5.41, 5.74) is 5.92. The minimum absolute atomic E-state index is 0.481. The highest BCUT2D eigenvalue weighted by Crippen LogP contribution is 2.24. The average molecular weight is 212 g/mol. The Morgan fingerprint density at radius 2 is 1.67 bits per heavy atom. The van der Waals surface area contributed by atoms with E-state index >= 15 is 0 Å². The van der Waals surface area contributed by atoms with E-state index in [0.29, 0.717) is 12.1 Å². The van der Waals surface area contributed by atoms with Crippen LogP contribution in [0.5, 0.6) is 0 Å². The highest BCUT2D eigenvalue weighted by molar-refractivity contribution is 4.78. The van der Waals surface area contributed by atoms with Gasteiger partial charge in [-0.2, -0.15) is 0 Å². The standard InChI is InChI=1S/C13H28N2/c1-10(2)11(3)15(4)9-12-5-7-13(14)8-6-12/h10-13H,5-9,14H2,1-4H3. The van der Waals surface area contributed by atoms with Crippen LogP contribution >= 0.6 is 0 Å². The number of nitrogens with two attached hydrogens (primary N) is 1. The number of rotatable bonds is 4. The highest BCUT2D eigenvalue weighted by Gasteiger charge is 2.22. The van der Waals surface area contributed by atoms with E-state index in [1.54, 1.807) is 0 Å². The van der Waals surface area contributed by atoms with Gasteiger partial charge in [0.1, 0.15) is 0 Å². The van der Waals surface area contributed by atoms with Crippen molar-refractivity contribution in [2.75, 3.05) is 13.6 Å². The van der Waals surface area contributed by atoms with Gasteiger partial charge in [-0.15, -0.1) is 0 Å². The largest absolute Gasteiger partial charge is 0.328 e. The van der Waals surface area contributed by atoms with E-state index in [-0.39, 0.29) is 0 Å². The van der Waals surface area contributed by atoms with E-state index < -0.39 is 0 Å². The average Bonchev–Trinajstić information content (AvgIpc) is 2.20. The topological polar surface area (TPSA) is 29.3 Å². The minimum atomic E-state index is 0.481. The fraction of sp³-hybridized carbons (Fsp3) is 1.00. The molecule has 1 unspecified atom stereocenters. The predicted octanol–water partition coefficient (Wildman–Crippen LogP) is 2.48. The van der Waals surface area contributed by atoms with Crippen molar-refractivity contribution in [3.63, 3.8) is 0 Å². The molecule has 0 amide bonds. The summed E-state index contributed by atoms with van der Waals surface area (Å²) in [5.74, 6) is 1.64. The molecule has 0 aromatic rings. The maximum Gasteiger partial charge on any atom is 0.00869 e. The van der Waals surface area contributed by atoms with Gasteiger partial charge in [-0.25, -0.2) is 0 Å². The van der Waals surface area contributed by atoms with Crippen molar-refractivity contribution in [3.05, 3.63) is 0 Å². The molecule has 0 radical (unpaired) electrons. The smallest absolute Gasteiger partial charge is 0.00869 e. The molecule has 0 saturated heterocycles. The van der Waals surface area contributed by atoms with Gasteiger partial charge in [0.05, 0.1) is 0 Å². The van der Waals surface area contributed by atoms with E-state index in [1.165, 1.54) is 32.2 Å². The van der Waals surface area contributed by atoms with Crippen LogP contribution in [0.3, 0.4) is 0 Å². The molecule has 1 aliphatic rings. The monoisotopic (exact) mass is 212 g/mol. The molecule has 1 atom stereocenters. The van der Waals surface area contributed by atoms with Crippen molar-refractivity contribution < 1.29 is 0 Å². The summed E-state index contributed by atoms with van der Waals surface area (Å²) in [6.07, 6.45) is 5.12. The highest BCUT2D eigenvalue weighted by atomic mass is 15.1. The SMILES string of the molecule is CC(C)C(C)N(C)CC1CCC(N)CC1. The maximum atomic E-state index is 5.92. The predicted molar refractivity (Wildman–Crippen MR) is 66.9 cm³/mol. The first-order valence-electron chi connectivity index (χ1n) is 6.46. The van der Waals surface area contributed by atoms with Gasteiger partial charge in [0, 0.05) is 18.6 Å². The summed E-state index contributed by atoms with van der Waals surface area (Å²) in [7, 11) is 2.26. The second-order valence-corrected chi connectivity index (χ2v) is 5.71. The van der Waals surface area contributed by atoms with Crippen LogP contribution in [0.1, 0.15) is 46.5 Å². The Morgan fingerprint density at radius 1 is 1.13 bits per heavy atom. The van der Waals surface area contributed by atoms with E-state index in [2.05, 4.69) is 32.7 Å². The molecule has 0 aromatic heterocycles. The van der Waals surface area contributed by atoms with Gasteiger partial charge in [0.25, 0.3) is 0 Å². The Kier molecular flexibility index (Phi) is 5.07. The first-order valence-corrected chi connectivity index (χ1v) is 6.46. The van der Waals surface area contributed by atoms with E-state index in [9.17, 15) is 0 Å². The molecule has 0 heterocycles. The minimum Gasteiger partial charge on any atom is -0.328 e. The molecular formula is C13H28N2. The molecule has 2 heteroatoms. The van der Waals surface area contributed by atoms with Crippen molar-refractivity contribution in [3.8, 4) is 0 Å². The second-order valence-electron chi connectivity index (χ2n) is 5.71. The molecule has 1 rings (SSSR count). The summed E-state index contributed by atoms with van der Waals surface area (Å²) >= 11 is 0. The second kappa shape index (κ2) is 5.86. The zero-order valence-electron chi connectivity index (χ0n) is 10.9. The molecule has 2 nitrogen and oxygen atoms in total. The van der Waals surface area contributed by atoms with Gasteiger partial charge < -0.3 is 10.6 Å². The van der Waals surface area contributed by atoms with Crippen LogP contribution in [-0.2, 0) is 0 Å². The normalized spacial score (nSPS) is 29.8. The van der Waals surface area contributed by atoms with Gasteiger partial charge in [0.15, 0.2) is 0 Å². The lowest BCUT2D eigenvalue weighted by Gasteiger charge is -2.34. The number of hydrogen-bond acceptors (Lipinski definition) is 2. The summed E-state index contributed by atoms with van der Waals surface area (Å²) < 4.78 is 0. The van der Waals surface area contributed by atoms with Crippen LogP contribution in [0.25, 0.3) is 0 Å². The lowest BCUT2D eigenvalue weighted by Crippen LogP contribution is -2.39. The van der Waals surface area contributed by atoms with Gasteiger partial charge in [-0.1, -0.05) is 13.8 Å². The zero-order valence-corrected chi connectivity index (χ0v) is 10.9. The lowest BCUT2D eigenvalue weighted by molar-refractivity contribution is 0.157. The first kappa shape index (κ1) is 13.0. The van der Waals surface area contributed by atoms with E-state index in [0.717, 1.165) is 11.8 Å². The molecule has 0 aliphatic heterocycles. The third-order valence-electron chi connectivity index (χ3n) is 4.10. The van der Waals surface area contributed by atoms with E-state index in [1.807, 2.05) is 0 Å². The zero-order chi connectivity index (χ0) is 11.4. The summed E-state index contributed by atoms with van der Waals surface area (Å²) in [6, 6.07) is 1.18. The molecular weight excluding hydrogens is 184 g/mol.